The Morgan fingerprint density at radius 3 is 2.12 bits per heavy atom. The monoisotopic (exact) mass is 258 g/mol. The summed E-state index contributed by atoms with van der Waals surface area (Å²) in [5, 5.41) is 9.07. The zero-order valence-corrected chi connectivity index (χ0v) is 9.13. The number of methoxy groups -OCH3 is 1. The van der Waals surface area contributed by atoms with Crippen molar-refractivity contribution < 1.29 is 36.5 Å². The Hall–Kier alpha value is -1.38. The van der Waals surface area contributed by atoms with E-state index in [4.69, 9.17) is 21.4 Å². The molecule has 1 aromatic rings. The quantitative estimate of drug-likeness (QED) is 0.699. The van der Waals surface area contributed by atoms with Crippen molar-refractivity contribution in [1.82, 2.24) is 0 Å². The third kappa shape index (κ3) is 5.49. The lowest BCUT2D eigenvalue weighted by Gasteiger charge is -2.03. The molecular weight excluding hydrogens is 244 g/mol. The lowest BCUT2D eigenvalue weighted by atomic mass is 10.2. The van der Waals surface area contributed by atoms with Gasteiger partial charge in [-0.05, 0) is 18.2 Å². The van der Waals surface area contributed by atoms with Crippen molar-refractivity contribution in [2.24, 2.45) is 0 Å². The van der Waals surface area contributed by atoms with Gasteiger partial charge in [0.25, 0.3) is 0 Å². The number of ether oxygens (including phenoxy) is 1. The minimum absolute atomic E-state index is 0. The normalized spacial score (nSPS) is 7.12. The Kier molecular flexibility index (Phi) is 15.3. The molecule has 0 fully saturated rings. The second-order valence-electron chi connectivity index (χ2n) is 2.15. The van der Waals surface area contributed by atoms with Gasteiger partial charge >= 0.3 is 5.97 Å². The van der Waals surface area contributed by atoms with E-state index in [0.29, 0.717) is 10.8 Å². The van der Waals surface area contributed by atoms with Gasteiger partial charge in [0.1, 0.15) is 11.3 Å². The molecule has 96 valence electrons. The molecule has 16 heavy (non-hydrogen) atoms. The number of hydrogen-bond acceptors (Lipinski definition) is 2. The molecule has 0 amide bonds. The highest BCUT2D eigenvalue weighted by Crippen LogP contribution is 2.22. The molecule has 0 saturated heterocycles. The molecule has 0 aliphatic heterocycles. The van der Waals surface area contributed by atoms with E-state index in [1.165, 1.54) is 19.2 Å². The van der Waals surface area contributed by atoms with E-state index in [-0.39, 0.29) is 27.5 Å². The summed E-state index contributed by atoms with van der Waals surface area (Å²) in [7, 11) is 1.41. The van der Waals surface area contributed by atoms with Crippen molar-refractivity contribution >= 4 is 17.6 Å². The van der Waals surface area contributed by atoms with Crippen molar-refractivity contribution in [3.63, 3.8) is 0 Å². The van der Waals surface area contributed by atoms with Crippen LogP contribution in [0.3, 0.4) is 0 Å². The van der Waals surface area contributed by atoms with Crippen molar-refractivity contribution in [3.8, 4) is 5.75 Å². The third-order valence-corrected chi connectivity index (χ3v) is 1.63. The molecule has 0 heterocycles. The first-order valence-corrected chi connectivity index (χ1v) is 3.60. The van der Waals surface area contributed by atoms with E-state index in [1.807, 2.05) is 0 Å². The summed E-state index contributed by atoms with van der Waals surface area (Å²) in [5.41, 5.74) is 0.0741. The Bertz CT molecular complexity index is 315. The Morgan fingerprint density at radius 2 is 1.75 bits per heavy atom. The number of halogens is 1. The van der Waals surface area contributed by atoms with Gasteiger partial charge in [-0.1, -0.05) is 11.6 Å². The van der Waals surface area contributed by atoms with Crippen molar-refractivity contribution in [1.29, 1.82) is 0 Å². The highest BCUT2D eigenvalue weighted by Gasteiger charge is 2.10. The summed E-state index contributed by atoms with van der Waals surface area (Å²) in [6.07, 6.45) is 0. The minimum Gasteiger partial charge on any atom is -0.496 e. The fourth-order valence-electron chi connectivity index (χ4n) is 0.847. The van der Waals surface area contributed by atoms with Gasteiger partial charge in [0.2, 0.25) is 0 Å². The van der Waals surface area contributed by atoms with Gasteiger partial charge in [-0.2, -0.15) is 0 Å². The number of carbonyl (C=O) groups is 1. The summed E-state index contributed by atoms with van der Waals surface area (Å²) in [4.78, 5) is 10.6. The van der Waals surface area contributed by atoms with E-state index in [1.54, 1.807) is 6.07 Å². The number of benzene rings is 1. The van der Waals surface area contributed by atoms with Crippen LogP contribution in [0.2, 0.25) is 5.02 Å². The van der Waals surface area contributed by atoms with E-state index in [9.17, 15) is 4.79 Å². The van der Waals surface area contributed by atoms with Crippen LogP contribution in [-0.4, -0.2) is 40.1 Å². The fraction of sp³-hybridized carbons (Fsp3) is 0.125. The maximum atomic E-state index is 10.6. The zero-order valence-electron chi connectivity index (χ0n) is 8.37. The molecule has 0 atom stereocenters. The predicted octanol–water partition coefficient (Wildman–Crippen LogP) is -1.25. The SMILES string of the molecule is COc1ccc(Cl)cc1C(=O)O.O.O.O.O. The van der Waals surface area contributed by atoms with Crippen LogP contribution in [0.25, 0.3) is 0 Å². The molecule has 0 unspecified atom stereocenters. The second kappa shape index (κ2) is 10.1. The lowest BCUT2D eigenvalue weighted by molar-refractivity contribution is 0.0693. The molecule has 0 aromatic heterocycles. The molecule has 0 saturated carbocycles. The van der Waals surface area contributed by atoms with E-state index >= 15 is 0 Å². The first-order chi connectivity index (χ1) is 5.65. The standard InChI is InChI=1S/C8H7ClO3.4H2O/c1-12-7-3-2-5(9)4-6(7)8(10)11;;;;/h2-4H,1H3,(H,10,11);4*1H2. The third-order valence-electron chi connectivity index (χ3n) is 1.39. The van der Waals surface area contributed by atoms with Gasteiger partial charge in [-0.3, -0.25) is 0 Å². The fourth-order valence-corrected chi connectivity index (χ4v) is 1.02. The second-order valence-corrected chi connectivity index (χ2v) is 2.59. The average Bonchev–Trinajstić information content (AvgIpc) is 2.04. The van der Waals surface area contributed by atoms with Crippen LogP contribution in [0.15, 0.2) is 18.2 Å². The molecule has 0 radical (unpaired) electrons. The number of aromatic carboxylic acids is 1. The Morgan fingerprint density at radius 1 is 1.25 bits per heavy atom. The topological polar surface area (TPSA) is 173 Å². The highest BCUT2D eigenvalue weighted by atomic mass is 35.5. The molecule has 8 heteroatoms. The van der Waals surface area contributed by atoms with Gasteiger partial charge < -0.3 is 31.7 Å². The van der Waals surface area contributed by atoms with Gasteiger partial charge in [0, 0.05) is 5.02 Å². The van der Waals surface area contributed by atoms with Crippen LogP contribution in [-0.2, 0) is 0 Å². The number of hydrogen-bond donors (Lipinski definition) is 1. The molecule has 9 N–H and O–H groups in total. The first kappa shape index (κ1) is 24.0. The van der Waals surface area contributed by atoms with Crippen LogP contribution in [0, 0.1) is 0 Å². The zero-order chi connectivity index (χ0) is 9.14. The first-order valence-electron chi connectivity index (χ1n) is 3.22. The Labute approximate surface area is 96.5 Å². The highest BCUT2D eigenvalue weighted by molar-refractivity contribution is 6.31. The molecule has 0 bridgehead atoms. The number of carboxylic acid groups (broad SMARTS) is 1. The van der Waals surface area contributed by atoms with Gasteiger partial charge in [0.05, 0.1) is 7.11 Å². The van der Waals surface area contributed by atoms with Crippen molar-refractivity contribution in [3.05, 3.63) is 28.8 Å². The maximum absolute atomic E-state index is 10.6. The smallest absolute Gasteiger partial charge is 0.339 e. The molecule has 0 spiro atoms. The van der Waals surface area contributed by atoms with Crippen LogP contribution in [0.1, 0.15) is 10.4 Å². The van der Waals surface area contributed by atoms with E-state index in [0.717, 1.165) is 0 Å². The molecule has 0 aliphatic carbocycles. The molecule has 1 aromatic carbocycles. The number of rotatable bonds is 2. The van der Waals surface area contributed by atoms with Crippen LogP contribution in [0.4, 0.5) is 0 Å². The molecule has 1 rings (SSSR count). The van der Waals surface area contributed by atoms with Crippen LogP contribution in [0.5, 0.6) is 5.75 Å². The van der Waals surface area contributed by atoms with Gasteiger partial charge in [0.15, 0.2) is 0 Å². The average molecular weight is 259 g/mol. The van der Waals surface area contributed by atoms with Gasteiger partial charge in [-0.25, -0.2) is 4.79 Å². The molecule has 7 nitrogen and oxygen atoms in total. The lowest BCUT2D eigenvalue weighted by Crippen LogP contribution is -1.99. The predicted molar refractivity (Wildman–Crippen MR) is 59.4 cm³/mol. The Balaban J connectivity index is -0.000000180. The van der Waals surface area contributed by atoms with E-state index in [2.05, 4.69) is 0 Å². The largest absolute Gasteiger partial charge is 0.496 e. The van der Waals surface area contributed by atoms with Crippen molar-refractivity contribution in [2.45, 2.75) is 0 Å². The summed E-state index contributed by atoms with van der Waals surface area (Å²) in [6, 6.07) is 4.45. The molecule has 0 aliphatic rings. The summed E-state index contributed by atoms with van der Waals surface area (Å²) < 4.78 is 4.82. The van der Waals surface area contributed by atoms with Crippen molar-refractivity contribution in [2.75, 3.05) is 7.11 Å². The summed E-state index contributed by atoms with van der Waals surface area (Å²) in [5.74, 6) is -0.735. The van der Waals surface area contributed by atoms with E-state index < -0.39 is 5.97 Å². The summed E-state index contributed by atoms with van der Waals surface area (Å²) in [6.45, 7) is 0. The van der Waals surface area contributed by atoms with Gasteiger partial charge in [-0.15, -0.1) is 0 Å². The summed E-state index contributed by atoms with van der Waals surface area (Å²) >= 11 is 5.60. The molecular formula is C8H15ClO7. The number of carboxylic acids is 1. The minimum atomic E-state index is -1.05. The van der Waals surface area contributed by atoms with Crippen LogP contribution >= 0.6 is 11.6 Å². The maximum Gasteiger partial charge on any atom is 0.339 e. The van der Waals surface area contributed by atoms with Crippen LogP contribution < -0.4 is 4.74 Å².